The van der Waals surface area contributed by atoms with Crippen LogP contribution in [0.3, 0.4) is 0 Å². The molecule has 21 heavy (non-hydrogen) atoms. The van der Waals surface area contributed by atoms with E-state index < -0.39 is 0 Å². The molecular formula is C18H17NO2. The Labute approximate surface area is 123 Å². The molecule has 0 amide bonds. The number of aromatic hydroxyl groups is 1. The molecule has 0 bridgehead atoms. The van der Waals surface area contributed by atoms with Crippen LogP contribution in [-0.2, 0) is 11.4 Å². The van der Waals surface area contributed by atoms with Gasteiger partial charge in [-0.3, -0.25) is 10.3 Å². The van der Waals surface area contributed by atoms with Crippen LogP contribution < -0.4 is 5.48 Å². The fourth-order valence-corrected chi connectivity index (χ4v) is 2.40. The van der Waals surface area contributed by atoms with Crippen LogP contribution in [0.2, 0.25) is 0 Å². The van der Waals surface area contributed by atoms with Gasteiger partial charge in [-0.15, -0.1) is 0 Å². The predicted molar refractivity (Wildman–Crippen MR) is 85.2 cm³/mol. The van der Waals surface area contributed by atoms with Crippen LogP contribution in [0.25, 0.3) is 10.8 Å². The van der Waals surface area contributed by atoms with E-state index in [0.717, 1.165) is 27.6 Å². The number of para-hydroxylation sites is 1. The number of phenols is 1. The summed E-state index contributed by atoms with van der Waals surface area (Å²) in [5.41, 5.74) is 5.41. The molecule has 0 saturated heterocycles. The highest BCUT2D eigenvalue weighted by molar-refractivity contribution is 5.88. The van der Waals surface area contributed by atoms with Gasteiger partial charge in [-0.1, -0.05) is 42.5 Å². The van der Waals surface area contributed by atoms with Crippen molar-refractivity contribution in [2.45, 2.75) is 13.5 Å². The molecular weight excluding hydrogens is 262 g/mol. The number of benzene rings is 3. The summed E-state index contributed by atoms with van der Waals surface area (Å²) in [5.74, 6) is 0.295. The van der Waals surface area contributed by atoms with Gasteiger partial charge < -0.3 is 5.11 Å². The third-order valence-electron chi connectivity index (χ3n) is 3.55. The highest BCUT2D eigenvalue weighted by Gasteiger charge is 2.09. The van der Waals surface area contributed by atoms with Gasteiger partial charge in [0.25, 0.3) is 0 Å². The zero-order valence-electron chi connectivity index (χ0n) is 11.8. The number of rotatable bonds is 4. The molecule has 3 rings (SSSR count). The number of aryl methyl sites for hydroxylation is 1. The van der Waals surface area contributed by atoms with E-state index in [4.69, 9.17) is 4.84 Å². The van der Waals surface area contributed by atoms with Crippen LogP contribution >= 0.6 is 0 Å². The second-order valence-corrected chi connectivity index (χ2v) is 4.99. The summed E-state index contributed by atoms with van der Waals surface area (Å²) in [6.45, 7) is 2.22. The number of anilines is 1. The highest BCUT2D eigenvalue weighted by Crippen LogP contribution is 2.30. The lowest BCUT2D eigenvalue weighted by Crippen LogP contribution is -2.02. The van der Waals surface area contributed by atoms with E-state index in [2.05, 4.69) is 5.48 Å². The first kappa shape index (κ1) is 13.5. The lowest BCUT2D eigenvalue weighted by molar-refractivity contribution is 0.177. The monoisotopic (exact) mass is 279 g/mol. The van der Waals surface area contributed by atoms with Crippen molar-refractivity contribution in [1.82, 2.24) is 0 Å². The molecule has 0 heterocycles. The lowest BCUT2D eigenvalue weighted by Gasteiger charge is -2.12. The van der Waals surface area contributed by atoms with Gasteiger partial charge in [0.05, 0.1) is 5.69 Å². The first-order valence-electron chi connectivity index (χ1n) is 6.89. The van der Waals surface area contributed by atoms with Crippen LogP contribution in [0.1, 0.15) is 11.1 Å². The molecule has 106 valence electrons. The summed E-state index contributed by atoms with van der Waals surface area (Å²) in [7, 11) is 0. The number of fused-ring (bicyclic) bond motifs is 1. The Kier molecular flexibility index (Phi) is 3.75. The molecule has 0 radical (unpaired) electrons. The number of phenolic OH excluding ortho intramolecular Hbond substituents is 1. The van der Waals surface area contributed by atoms with Crippen molar-refractivity contribution in [2.24, 2.45) is 0 Å². The van der Waals surface area contributed by atoms with E-state index in [-0.39, 0.29) is 0 Å². The van der Waals surface area contributed by atoms with Crippen LogP contribution in [0.15, 0.2) is 60.7 Å². The molecule has 0 aliphatic carbocycles. The Balaban J connectivity index is 1.79. The SMILES string of the molecule is Cc1c(O)c(CONc2ccccc2)cc2ccccc12. The van der Waals surface area contributed by atoms with Gasteiger partial charge in [-0.25, -0.2) is 0 Å². The van der Waals surface area contributed by atoms with Crippen molar-refractivity contribution in [3.05, 3.63) is 71.8 Å². The van der Waals surface area contributed by atoms with Crippen LogP contribution in [0.5, 0.6) is 5.75 Å². The fourth-order valence-electron chi connectivity index (χ4n) is 2.40. The summed E-state index contributed by atoms with van der Waals surface area (Å²) in [4.78, 5) is 5.48. The molecule has 0 aliphatic heterocycles. The Bertz CT molecular complexity index is 754. The lowest BCUT2D eigenvalue weighted by atomic mass is 10.0. The van der Waals surface area contributed by atoms with Crippen molar-refractivity contribution in [3.8, 4) is 5.75 Å². The molecule has 0 aliphatic rings. The highest BCUT2D eigenvalue weighted by atomic mass is 16.6. The minimum absolute atomic E-state index is 0.295. The average molecular weight is 279 g/mol. The van der Waals surface area contributed by atoms with E-state index in [1.807, 2.05) is 67.6 Å². The quantitative estimate of drug-likeness (QED) is 0.696. The third-order valence-corrected chi connectivity index (χ3v) is 3.55. The number of hydrogen-bond acceptors (Lipinski definition) is 3. The van der Waals surface area contributed by atoms with Gasteiger partial charge in [0.15, 0.2) is 0 Å². The zero-order valence-corrected chi connectivity index (χ0v) is 11.8. The molecule has 0 spiro atoms. The molecule has 0 atom stereocenters. The standard InChI is InChI=1S/C18H17NO2/c1-13-17-10-6-5-7-14(17)11-15(18(13)20)12-21-19-16-8-3-2-4-9-16/h2-11,19-20H,12H2,1H3. The van der Waals surface area contributed by atoms with Crippen molar-refractivity contribution < 1.29 is 9.94 Å². The molecule has 3 aromatic rings. The van der Waals surface area contributed by atoms with Gasteiger partial charge in [-0.05, 0) is 41.5 Å². The summed E-state index contributed by atoms with van der Waals surface area (Å²) in [6, 6.07) is 19.6. The molecule has 3 nitrogen and oxygen atoms in total. The zero-order chi connectivity index (χ0) is 14.7. The fraction of sp³-hybridized carbons (Fsp3) is 0.111. The normalized spacial score (nSPS) is 10.7. The van der Waals surface area contributed by atoms with Crippen molar-refractivity contribution >= 4 is 16.5 Å². The number of hydrogen-bond donors (Lipinski definition) is 2. The summed E-state index contributed by atoms with van der Waals surface area (Å²) < 4.78 is 0. The average Bonchev–Trinajstić information content (AvgIpc) is 2.53. The maximum atomic E-state index is 10.3. The van der Waals surface area contributed by atoms with Crippen molar-refractivity contribution in [3.63, 3.8) is 0 Å². The van der Waals surface area contributed by atoms with Crippen molar-refractivity contribution in [2.75, 3.05) is 5.48 Å². The van der Waals surface area contributed by atoms with E-state index in [1.165, 1.54) is 0 Å². The first-order valence-corrected chi connectivity index (χ1v) is 6.89. The smallest absolute Gasteiger partial charge is 0.124 e. The molecule has 3 heteroatoms. The van der Waals surface area contributed by atoms with E-state index >= 15 is 0 Å². The van der Waals surface area contributed by atoms with Crippen LogP contribution in [0, 0.1) is 6.92 Å². The largest absolute Gasteiger partial charge is 0.507 e. The molecule has 0 fully saturated rings. The van der Waals surface area contributed by atoms with E-state index in [0.29, 0.717) is 12.4 Å². The van der Waals surface area contributed by atoms with Crippen LogP contribution in [-0.4, -0.2) is 5.11 Å². The topological polar surface area (TPSA) is 41.5 Å². The first-order chi connectivity index (χ1) is 10.3. The van der Waals surface area contributed by atoms with E-state index in [1.54, 1.807) is 0 Å². The van der Waals surface area contributed by atoms with Gasteiger partial charge in [-0.2, -0.15) is 0 Å². The summed E-state index contributed by atoms with van der Waals surface area (Å²) >= 11 is 0. The maximum Gasteiger partial charge on any atom is 0.124 e. The van der Waals surface area contributed by atoms with Gasteiger partial charge >= 0.3 is 0 Å². The van der Waals surface area contributed by atoms with Gasteiger partial charge in [0.1, 0.15) is 12.4 Å². The molecule has 3 aromatic carbocycles. The Hall–Kier alpha value is -2.52. The molecule has 0 aromatic heterocycles. The Morgan fingerprint density at radius 2 is 1.71 bits per heavy atom. The third kappa shape index (κ3) is 2.83. The van der Waals surface area contributed by atoms with Crippen LogP contribution in [0.4, 0.5) is 5.69 Å². The molecule has 0 unspecified atom stereocenters. The maximum absolute atomic E-state index is 10.3. The molecule has 0 saturated carbocycles. The molecule has 2 N–H and O–H groups in total. The number of nitrogens with one attached hydrogen (secondary N) is 1. The Morgan fingerprint density at radius 1 is 1.00 bits per heavy atom. The van der Waals surface area contributed by atoms with Gasteiger partial charge in [0, 0.05) is 5.56 Å². The second kappa shape index (κ2) is 5.85. The Morgan fingerprint density at radius 3 is 2.52 bits per heavy atom. The van der Waals surface area contributed by atoms with Gasteiger partial charge in [0.2, 0.25) is 0 Å². The summed E-state index contributed by atoms with van der Waals surface area (Å²) in [6.07, 6.45) is 0. The second-order valence-electron chi connectivity index (χ2n) is 4.99. The van der Waals surface area contributed by atoms with E-state index in [9.17, 15) is 5.11 Å². The minimum Gasteiger partial charge on any atom is -0.507 e. The van der Waals surface area contributed by atoms with Crippen molar-refractivity contribution in [1.29, 1.82) is 0 Å². The summed E-state index contributed by atoms with van der Waals surface area (Å²) in [5, 5.41) is 12.5. The minimum atomic E-state index is 0.295. The predicted octanol–water partition coefficient (Wildman–Crippen LogP) is 4.40.